The predicted molar refractivity (Wildman–Crippen MR) is 152 cm³/mol. The number of hydrogen-bond acceptors (Lipinski definition) is 5. The number of piperidine rings is 1. The molecule has 1 fully saturated rings. The maximum absolute atomic E-state index is 14.0. The average molecular weight is 539 g/mol. The van der Waals surface area contributed by atoms with Crippen LogP contribution in [0.15, 0.2) is 91.3 Å². The molecule has 206 valence electrons. The van der Waals surface area contributed by atoms with E-state index < -0.39 is 5.41 Å². The van der Waals surface area contributed by atoms with Crippen LogP contribution in [-0.4, -0.2) is 59.9 Å². The van der Waals surface area contributed by atoms with E-state index in [9.17, 15) is 14.4 Å². The molecule has 8 nitrogen and oxygen atoms in total. The molecule has 2 aromatic carbocycles. The van der Waals surface area contributed by atoms with Gasteiger partial charge in [0.15, 0.2) is 0 Å². The van der Waals surface area contributed by atoms with Gasteiger partial charge in [-0.15, -0.1) is 0 Å². The van der Waals surface area contributed by atoms with Crippen molar-refractivity contribution < 1.29 is 19.1 Å². The Morgan fingerprint density at radius 2 is 1.75 bits per heavy atom. The zero-order chi connectivity index (χ0) is 27.8. The molecule has 0 saturated carbocycles. The highest BCUT2D eigenvalue weighted by Crippen LogP contribution is 2.37. The van der Waals surface area contributed by atoms with E-state index in [4.69, 9.17) is 4.74 Å². The summed E-state index contributed by atoms with van der Waals surface area (Å²) in [5, 5.41) is 6.27. The summed E-state index contributed by atoms with van der Waals surface area (Å²) in [6.07, 6.45) is 9.26. The number of likely N-dealkylation sites (tertiary alicyclic amines) is 1. The standard InChI is InChI=1S/C32H34N4O4/c37-29-27-12-4-5-13-28(27)40-20-7-6-14-32(15-18-36(19-16-32)30(38)25-11-8-17-33-22-25)31(39)35-26(23-34-29)21-24-9-2-1-3-10-24/h1-13,17,22,26H,14-16,18-21,23H2,(H,34,37)(H,35,39)/t26-/m1/s1. The number of rotatable bonds is 3. The number of hydrogen-bond donors (Lipinski definition) is 2. The number of allylic oxidation sites excluding steroid dienone is 1. The first-order valence-electron chi connectivity index (χ1n) is 13.7. The Kier molecular flexibility index (Phi) is 8.54. The molecule has 3 heterocycles. The fraction of sp³-hybridized carbons (Fsp3) is 0.312. The Balaban J connectivity index is 1.38. The molecule has 3 amide bonds. The number of pyridine rings is 1. The number of carbonyl (C=O) groups is 3. The minimum atomic E-state index is -0.677. The van der Waals surface area contributed by atoms with Crippen molar-refractivity contribution in [1.29, 1.82) is 0 Å². The van der Waals surface area contributed by atoms with Gasteiger partial charge >= 0.3 is 0 Å². The number of ether oxygens (including phenoxy) is 1. The normalized spacial score (nSPS) is 19.5. The number of aromatic nitrogens is 1. The molecule has 1 aromatic heterocycles. The van der Waals surface area contributed by atoms with E-state index in [0.717, 1.165) is 5.56 Å². The summed E-state index contributed by atoms with van der Waals surface area (Å²) < 4.78 is 5.92. The minimum absolute atomic E-state index is 0.0563. The van der Waals surface area contributed by atoms with Gasteiger partial charge in [-0.2, -0.15) is 0 Å². The summed E-state index contributed by atoms with van der Waals surface area (Å²) >= 11 is 0. The van der Waals surface area contributed by atoms with Gasteiger partial charge in [0.1, 0.15) is 12.4 Å². The van der Waals surface area contributed by atoms with Crippen LogP contribution in [0.25, 0.3) is 0 Å². The zero-order valence-corrected chi connectivity index (χ0v) is 22.4. The third-order valence-electron chi connectivity index (χ3n) is 7.71. The first-order chi connectivity index (χ1) is 19.5. The molecule has 3 aromatic rings. The van der Waals surface area contributed by atoms with E-state index in [-0.39, 0.29) is 36.9 Å². The van der Waals surface area contributed by atoms with Gasteiger partial charge in [0.05, 0.1) is 22.6 Å². The Morgan fingerprint density at radius 3 is 2.52 bits per heavy atom. The molecule has 5 rings (SSSR count). The van der Waals surface area contributed by atoms with Crippen LogP contribution in [0, 0.1) is 5.41 Å². The van der Waals surface area contributed by atoms with Gasteiger partial charge in [-0.25, -0.2) is 0 Å². The molecule has 0 aliphatic carbocycles. The van der Waals surface area contributed by atoms with Crippen LogP contribution in [-0.2, 0) is 11.2 Å². The van der Waals surface area contributed by atoms with E-state index in [2.05, 4.69) is 15.6 Å². The van der Waals surface area contributed by atoms with E-state index >= 15 is 0 Å². The lowest BCUT2D eigenvalue weighted by molar-refractivity contribution is -0.134. The first kappa shape index (κ1) is 27.1. The van der Waals surface area contributed by atoms with E-state index in [1.165, 1.54) is 0 Å². The predicted octanol–water partition coefficient (Wildman–Crippen LogP) is 3.80. The van der Waals surface area contributed by atoms with Gasteiger partial charge in [0, 0.05) is 32.0 Å². The molecule has 0 unspecified atom stereocenters. The van der Waals surface area contributed by atoms with Gasteiger partial charge in [-0.1, -0.05) is 54.6 Å². The lowest BCUT2D eigenvalue weighted by Crippen LogP contribution is -2.54. The molecule has 0 bridgehead atoms. The van der Waals surface area contributed by atoms with Crippen molar-refractivity contribution >= 4 is 17.7 Å². The number of carbonyl (C=O) groups excluding carboxylic acids is 3. The van der Waals surface area contributed by atoms with Crippen LogP contribution in [0.2, 0.25) is 0 Å². The van der Waals surface area contributed by atoms with Gasteiger partial charge in [-0.05, 0) is 55.5 Å². The Bertz CT molecular complexity index is 1350. The highest BCUT2D eigenvalue weighted by atomic mass is 16.5. The molecule has 2 aliphatic heterocycles. The summed E-state index contributed by atoms with van der Waals surface area (Å²) in [7, 11) is 0. The fourth-order valence-corrected chi connectivity index (χ4v) is 5.35. The lowest BCUT2D eigenvalue weighted by atomic mass is 9.74. The van der Waals surface area contributed by atoms with Crippen LogP contribution in [0.5, 0.6) is 5.75 Å². The minimum Gasteiger partial charge on any atom is -0.489 e. The second-order valence-electron chi connectivity index (χ2n) is 10.4. The molecule has 1 saturated heterocycles. The SMILES string of the molecule is O=C1NC[C@@H](Cc2ccccc2)NC(=O)C2(CC=CCOc3ccccc31)CCN(C(=O)c1cccnc1)CC2. The Morgan fingerprint density at radius 1 is 0.975 bits per heavy atom. The van der Waals surface area contributed by atoms with E-state index in [0.29, 0.717) is 55.6 Å². The highest BCUT2D eigenvalue weighted by Gasteiger charge is 2.42. The topological polar surface area (TPSA) is 101 Å². The molecule has 2 N–H and O–H groups in total. The van der Waals surface area contributed by atoms with Crippen LogP contribution in [0.4, 0.5) is 0 Å². The van der Waals surface area contributed by atoms with Crippen molar-refractivity contribution in [2.24, 2.45) is 5.41 Å². The average Bonchev–Trinajstić information content (AvgIpc) is 3.00. The Labute approximate surface area is 234 Å². The van der Waals surface area contributed by atoms with Crippen molar-refractivity contribution in [3.8, 4) is 5.75 Å². The summed E-state index contributed by atoms with van der Waals surface area (Å²) in [6.45, 7) is 1.49. The van der Waals surface area contributed by atoms with Gasteiger partial charge < -0.3 is 20.3 Å². The van der Waals surface area contributed by atoms with Crippen LogP contribution >= 0.6 is 0 Å². The molecule has 40 heavy (non-hydrogen) atoms. The van der Waals surface area contributed by atoms with Crippen LogP contribution in [0.1, 0.15) is 45.5 Å². The smallest absolute Gasteiger partial charge is 0.255 e. The molecule has 2 aliphatic rings. The van der Waals surface area contributed by atoms with Crippen molar-refractivity contribution in [3.05, 3.63) is 108 Å². The number of benzene rings is 2. The summed E-state index contributed by atoms with van der Waals surface area (Å²) in [6, 6.07) is 20.3. The number of amides is 3. The summed E-state index contributed by atoms with van der Waals surface area (Å²) in [4.78, 5) is 46.0. The molecular weight excluding hydrogens is 504 g/mol. The molecule has 1 spiro atoms. The Hall–Kier alpha value is -4.46. The van der Waals surface area contributed by atoms with Crippen molar-refractivity contribution in [2.75, 3.05) is 26.2 Å². The van der Waals surface area contributed by atoms with Crippen LogP contribution < -0.4 is 15.4 Å². The molecule has 8 heteroatoms. The third-order valence-corrected chi connectivity index (χ3v) is 7.71. The fourth-order valence-electron chi connectivity index (χ4n) is 5.35. The highest BCUT2D eigenvalue weighted by molar-refractivity contribution is 5.97. The summed E-state index contributed by atoms with van der Waals surface area (Å²) in [5.74, 6) is 0.138. The van der Waals surface area contributed by atoms with Crippen molar-refractivity contribution in [1.82, 2.24) is 20.5 Å². The van der Waals surface area contributed by atoms with Gasteiger partial charge in [-0.3, -0.25) is 19.4 Å². The van der Waals surface area contributed by atoms with Crippen molar-refractivity contribution in [2.45, 2.75) is 31.7 Å². The van der Waals surface area contributed by atoms with E-state index in [1.807, 2.05) is 48.6 Å². The first-order valence-corrected chi connectivity index (χ1v) is 13.7. The quantitative estimate of drug-likeness (QED) is 0.494. The largest absolute Gasteiger partial charge is 0.489 e. The third kappa shape index (κ3) is 6.39. The maximum Gasteiger partial charge on any atom is 0.255 e. The van der Waals surface area contributed by atoms with E-state index in [1.54, 1.807) is 47.6 Å². The van der Waals surface area contributed by atoms with Gasteiger partial charge in [0.2, 0.25) is 5.91 Å². The number of nitrogens with one attached hydrogen (secondary N) is 2. The van der Waals surface area contributed by atoms with Crippen molar-refractivity contribution in [3.63, 3.8) is 0 Å². The lowest BCUT2D eigenvalue weighted by Gasteiger charge is -2.41. The zero-order valence-electron chi connectivity index (χ0n) is 22.4. The second kappa shape index (κ2) is 12.6. The molecule has 1 atom stereocenters. The molecule has 0 radical (unpaired) electrons. The number of para-hydroxylation sites is 1. The van der Waals surface area contributed by atoms with Gasteiger partial charge in [0.25, 0.3) is 11.8 Å². The van der Waals surface area contributed by atoms with Crippen LogP contribution in [0.3, 0.4) is 0 Å². The second-order valence-corrected chi connectivity index (χ2v) is 10.4. The number of fused-ring (bicyclic) bond motifs is 1. The monoisotopic (exact) mass is 538 g/mol. The number of nitrogens with zero attached hydrogens (tertiary/aromatic N) is 2. The maximum atomic E-state index is 14.0. The summed E-state index contributed by atoms with van der Waals surface area (Å²) in [5.41, 5.74) is 1.39. The molecular formula is C32H34N4O4.